The number of benzene rings is 2. The number of rotatable bonds is 2. The van der Waals surface area contributed by atoms with Crippen LogP contribution >= 0.6 is 0 Å². The van der Waals surface area contributed by atoms with Crippen molar-refractivity contribution < 1.29 is 22.7 Å². The number of halogens is 3. The van der Waals surface area contributed by atoms with Crippen molar-refractivity contribution in [2.75, 3.05) is 4.90 Å². The van der Waals surface area contributed by atoms with Crippen LogP contribution in [0.1, 0.15) is 29.2 Å². The van der Waals surface area contributed by atoms with Gasteiger partial charge in [-0.1, -0.05) is 12.1 Å². The molecular weight excluding hydrogens is 345 g/mol. The number of amides is 1. The number of hydrogen-bond acceptors (Lipinski definition) is 3. The fraction of sp³-hybridized carbons (Fsp3) is 0.263. The summed E-state index contributed by atoms with van der Waals surface area (Å²) in [5.74, 6) is -1.96. The van der Waals surface area contributed by atoms with Crippen LogP contribution in [-0.4, -0.2) is 18.2 Å². The van der Waals surface area contributed by atoms with Gasteiger partial charge < -0.3 is 4.74 Å². The van der Waals surface area contributed by atoms with Gasteiger partial charge in [-0.25, -0.2) is 0 Å². The zero-order chi connectivity index (χ0) is 18.5. The minimum atomic E-state index is -5.02. The smallest absolute Gasteiger partial charge is 0.364 e. The van der Waals surface area contributed by atoms with Crippen molar-refractivity contribution in [2.24, 2.45) is 0 Å². The molecule has 4 rings (SSSR count). The molecule has 2 aromatic rings. The van der Waals surface area contributed by atoms with E-state index in [1.54, 1.807) is 6.07 Å². The van der Waals surface area contributed by atoms with Crippen LogP contribution in [0.15, 0.2) is 42.5 Å². The predicted octanol–water partition coefficient (Wildman–Crippen LogP) is 4.17. The summed E-state index contributed by atoms with van der Waals surface area (Å²) in [5.41, 5.74) is 2.13. The number of alkyl halides is 3. The molecule has 0 aromatic heterocycles. The number of carbonyl (C=O) groups excluding carboxylic acids is 1. The highest BCUT2D eigenvalue weighted by atomic mass is 19.4. The van der Waals surface area contributed by atoms with E-state index in [0.29, 0.717) is 22.4 Å². The van der Waals surface area contributed by atoms with Gasteiger partial charge in [0.05, 0.1) is 23.4 Å². The first-order valence-corrected chi connectivity index (χ1v) is 8.09. The molecule has 0 N–H and O–H groups in total. The van der Waals surface area contributed by atoms with Crippen molar-refractivity contribution in [1.82, 2.24) is 0 Å². The fourth-order valence-electron chi connectivity index (χ4n) is 3.44. The molecule has 1 heterocycles. The minimum Gasteiger partial charge on any atom is -0.364 e. The Kier molecular flexibility index (Phi) is 3.74. The third-order valence-electron chi connectivity index (χ3n) is 4.70. The van der Waals surface area contributed by atoms with E-state index in [0.717, 1.165) is 12.0 Å². The van der Waals surface area contributed by atoms with E-state index in [-0.39, 0.29) is 23.6 Å². The van der Waals surface area contributed by atoms with Crippen LogP contribution in [0.4, 0.5) is 24.5 Å². The minimum absolute atomic E-state index is 0.0681. The van der Waals surface area contributed by atoms with E-state index in [1.165, 1.54) is 30.3 Å². The first-order valence-electron chi connectivity index (χ1n) is 8.09. The molecule has 1 aliphatic heterocycles. The molecule has 1 amide bonds. The van der Waals surface area contributed by atoms with Gasteiger partial charge >= 0.3 is 12.1 Å². The molecule has 4 nitrogen and oxygen atoms in total. The first-order chi connectivity index (χ1) is 12.4. The Morgan fingerprint density at radius 1 is 1.19 bits per heavy atom. The molecule has 2 unspecified atom stereocenters. The van der Waals surface area contributed by atoms with Gasteiger partial charge in [-0.15, -0.1) is 0 Å². The number of carbonyl (C=O) groups is 1. The quantitative estimate of drug-likeness (QED) is 0.757. The van der Waals surface area contributed by atoms with Gasteiger partial charge in [-0.3, -0.25) is 9.69 Å². The maximum Gasteiger partial charge on any atom is 0.472 e. The molecule has 1 saturated heterocycles. The van der Waals surface area contributed by atoms with Crippen molar-refractivity contribution in [3.05, 3.63) is 59.2 Å². The zero-order valence-electron chi connectivity index (χ0n) is 13.5. The number of ether oxygens (including phenoxy) is 1. The highest BCUT2D eigenvalue weighted by Crippen LogP contribution is 2.50. The van der Waals surface area contributed by atoms with E-state index < -0.39 is 12.1 Å². The lowest BCUT2D eigenvalue weighted by atomic mass is 9.90. The third kappa shape index (κ3) is 2.72. The Morgan fingerprint density at radius 2 is 1.92 bits per heavy atom. The number of nitriles is 1. The standard InChI is InChI=1S/C19H13F3N2O2/c20-19(21,22)18(25)24(12-6-4-11(10-23)5-7-12)15-3-1-2-14-13(15)8-9-16-17(14)26-16/h1-7,16-17H,8-9H2. The molecule has 2 aliphatic rings. The number of fused-ring (bicyclic) bond motifs is 3. The van der Waals surface area contributed by atoms with Crippen molar-refractivity contribution in [3.8, 4) is 6.07 Å². The molecule has 0 radical (unpaired) electrons. The normalized spacial score (nSPS) is 20.5. The summed E-state index contributed by atoms with van der Waals surface area (Å²) in [6.45, 7) is 0. The van der Waals surface area contributed by atoms with Gasteiger partial charge in [0.1, 0.15) is 6.10 Å². The molecule has 7 heteroatoms. The molecule has 2 aromatic carbocycles. The van der Waals surface area contributed by atoms with Crippen LogP contribution in [0.2, 0.25) is 0 Å². The average molecular weight is 358 g/mol. The highest BCUT2D eigenvalue weighted by Gasteiger charge is 2.47. The van der Waals surface area contributed by atoms with Gasteiger partial charge in [0.2, 0.25) is 0 Å². The number of nitrogens with zero attached hydrogens (tertiary/aromatic N) is 2. The van der Waals surface area contributed by atoms with Crippen LogP contribution in [0.3, 0.4) is 0 Å². The van der Waals surface area contributed by atoms with Gasteiger partial charge in [0.25, 0.3) is 0 Å². The van der Waals surface area contributed by atoms with E-state index in [1.807, 2.05) is 12.1 Å². The van der Waals surface area contributed by atoms with Crippen molar-refractivity contribution in [2.45, 2.75) is 31.2 Å². The summed E-state index contributed by atoms with van der Waals surface area (Å²) in [7, 11) is 0. The van der Waals surface area contributed by atoms with Crippen LogP contribution in [0, 0.1) is 11.3 Å². The predicted molar refractivity (Wildman–Crippen MR) is 86.7 cm³/mol. The maximum atomic E-state index is 13.3. The summed E-state index contributed by atoms with van der Waals surface area (Å²) in [6, 6.07) is 12.4. The van der Waals surface area contributed by atoms with Gasteiger partial charge in [0, 0.05) is 5.69 Å². The highest BCUT2D eigenvalue weighted by molar-refractivity contribution is 6.04. The van der Waals surface area contributed by atoms with Gasteiger partial charge in [-0.2, -0.15) is 18.4 Å². The Hall–Kier alpha value is -2.85. The molecule has 26 heavy (non-hydrogen) atoms. The molecular formula is C19H13F3N2O2. The van der Waals surface area contributed by atoms with Gasteiger partial charge in [-0.05, 0) is 54.3 Å². The lowest BCUT2D eigenvalue weighted by molar-refractivity contribution is -0.169. The SMILES string of the molecule is N#Cc1ccc(N(C(=O)C(F)(F)F)c2cccc3c2CCC2OC32)cc1. The summed E-state index contributed by atoms with van der Waals surface area (Å²) in [6.07, 6.45) is -3.73. The van der Waals surface area contributed by atoms with Crippen LogP contribution in [0.25, 0.3) is 0 Å². The van der Waals surface area contributed by atoms with E-state index in [4.69, 9.17) is 10.00 Å². The zero-order valence-corrected chi connectivity index (χ0v) is 13.5. The summed E-state index contributed by atoms with van der Waals surface area (Å²) < 4.78 is 45.3. The Labute approximate surface area is 147 Å². The lowest BCUT2D eigenvalue weighted by Gasteiger charge is -2.28. The molecule has 1 aliphatic carbocycles. The molecule has 0 spiro atoms. The molecule has 2 atom stereocenters. The van der Waals surface area contributed by atoms with Crippen LogP contribution < -0.4 is 4.90 Å². The van der Waals surface area contributed by atoms with Crippen molar-refractivity contribution in [3.63, 3.8) is 0 Å². The second-order valence-corrected chi connectivity index (χ2v) is 6.28. The topological polar surface area (TPSA) is 56.6 Å². The Bertz CT molecular complexity index is 916. The molecule has 1 fully saturated rings. The molecule has 132 valence electrons. The summed E-state index contributed by atoms with van der Waals surface area (Å²) in [5, 5.41) is 8.89. The van der Waals surface area contributed by atoms with Crippen LogP contribution in [-0.2, 0) is 16.0 Å². The number of hydrogen-bond donors (Lipinski definition) is 0. The van der Waals surface area contributed by atoms with Crippen molar-refractivity contribution in [1.29, 1.82) is 5.26 Å². The monoisotopic (exact) mass is 358 g/mol. The third-order valence-corrected chi connectivity index (χ3v) is 4.70. The second kappa shape index (κ2) is 5.85. The Morgan fingerprint density at radius 3 is 2.58 bits per heavy atom. The Balaban J connectivity index is 1.85. The van der Waals surface area contributed by atoms with E-state index >= 15 is 0 Å². The summed E-state index contributed by atoms with van der Waals surface area (Å²) >= 11 is 0. The number of epoxide rings is 1. The van der Waals surface area contributed by atoms with E-state index in [9.17, 15) is 18.0 Å². The van der Waals surface area contributed by atoms with Crippen LogP contribution in [0.5, 0.6) is 0 Å². The fourth-order valence-corrected chi connectivity index (χ4v) is 3.44. The first kappa shape index (κ1) is 16.6. The summed E-state index contributed by atoms with van der Waals surface area (Å²) in [4.78, 5) is 12.9. The van der Waals surface area contributed by atoms with Gasteiger partial charge in [0.15, 0.2) is 0 Å². The van der Waals surface area contributed by atoms with E-state index in [2.05, 4.69) is 0 Å². The molecule has 0 bridgehead atoms. The number of anilines is 2. The molecule has 0 saturated carbocycles. The maximum absolute atomic E-state index is 13.3. The lowest BCUT2D eigenvalue weighted by Crippen LogP contribution is -2.38. The average Bonchev–Trinajstić information content (AvgIpc) is 3.42. The second-order valence-electron chi connectivity index (χ2n) is 6.28. The largest absolute Gasteiger partial charge is 0.472 e. The van der Waals surface area contributed by atoms with Crippen molar-refractivity contribution >= 4 is 17.3 Å².